The molecule has 0 radical (unpaired) electrons. The van der Waals surface area contributed by atoms with Gasteiger partial charge in [0.2, 0.25) is 5.91 Å². The van der Waals surface area contributed by atoms with Crippen LogP contribution in [0.15, 0.2) is 38.4 Å². The smallest absolute Gasteiger partial charge is 0.337 e. The molecule has 1 aromatic carbocycles. The van der Waals surface area contributed by atoms with Crippen molar-refractivity contribution in [2.75, 3.05) is 12.8 Å². The van der Waals surface area contributed by atoms with Crippen LogP contribution in [0.5, 0.6) is 0 Å². The summed E-state index contributed by atoms with van der Waals surface area (Å²) >= 11 is 3.41. The number of aromatic nitrogens is 1. The highest BCUT2D eigenvalue weighted by Crippen LogP contribution is 2.56. The van der Waals surface area contributed by atoms with Gasteiger partial charge in [0, 0.05) is 15.7 Å². The van der Waals surface area contributed by atoms with Crippen molar-refractivity contribution in [3.05, 3.63) is 45.2 Å². The topological polar surface area (TPSA) is 107 Å². The number of nitrogen functional groups attached to an aromatic ring is 1. The molecule has 1 aromatic heterocycles. The summed E-state index contributed by atoms with van der Waals surface area (Å²) in [6, 6.07) is 5.34. The fourth-order valence-corrected chi connectivity index (χ4v) is 3.90. The molecule has 7 nitrogen and oxygen atoms in total. The maximum atomic E-state index is 13.0. The number of nitrogens with one attached hydrogen (secondary N) is 1. The average molecular weight is 390 g/mol. The van der Waals surface area contributed by atoms with E-state index in [1.54, 1.807) is 19.1 Å². The quantitative estimate of drug-likeness (QED) is 0.720. The molecule has 122 valence electrons. The van der Waals surface area contributed by atoms with Crippen LogP contribution in [0.25, 0.3) is 11.3 Å². The molecule has 0 saturated carbocycles. The Bertz CT molecular complexity index is 962. The van der Waals surface area contributed by atoms with Crippen molar-refractivity contribution in [2.45, 2.75) is 12.3 Å². The lowest BCUT2D eigenvalue weighted by Gasteiger charge is -2.24. The first-order valence-corrected chi connectivity index (χ1v) is 7.88. The first kappa shape index (κ1) is 14.9. The minimum atomic E-state index is -1.42. The Labute approximate surface area is 145 Å². The van der Waals surface area contributed by atoms with Crippen molar-refractivity contribution in [3.8, 4) is 11.3 Å². The third-order valence-corrected chi connectivity index (χ3v) is 4.90. The van der Waals surface area contributed by atoms with E-state index in [-0.39, 0.29) is 17.5 Å². The first-order chi connectivity index (χ1) is 11.4. The third kappa shape index (κ3) is 1.58. The van der Waals surface area contributed by atoms with Crippen LogP contribution in [-0.4, -0.2) is 24.0 Å². The molecule has 0 fully saturated rings. The van der Waals surface area contributed by atoms with Crippen molar-refractivity contribution in [2.24, 2.45) is 0 Å². The summed E-state index contributed by atoms with van der Waals surface area (Å²) in [5.74, 6) is -0.598. The van der Waals surface area contributed by atoms with E-state index in [0.717, 1.165) is 4.47 Å². The molecule has 4 rings (SSSR count). The number of nitrogens with zero attached hydrogens (tertiary/aromatic N) is 1. The van der Waals surface area contributed by atoms with Gasteiger partial charge in [-0.2, -0.15) is 4.98 Å². The number of hydrogen-bond donors (Lipinski definition) is 2. The van der Waals surface area contributed by atoms with E-state index in [1.165, 1.54) is 7.11 Å². The molecule has 0 bridgehead atoms. The number of benzene rings is 1. The van der Waals surface area contributed by atoms with Gasteiger partial charge >= 0.3 is 5.97 Å². The zero-order valence-corrected chi connectivity index (χ0v) is 14.4. The van der Waals surface area contributed by atoms with Crippen LogP contribution < -0.4 is 11.1 Å². The van der Waals surface area contributed by atoms with E-state index in [9.17, 15) is 9.59 Å². The Morgan fingerprint density at radius 2 is 2.21 bits per heavy atom. The summed E-state index contributed by atoms with van der Waals surface area (Å²) < 4.78 is 11.2. The van der Waals surface area contributed by atoms with Crippen molar-refractivity contribution in [1.29, 1.82) is 0 Å². The zero-order valence-electron chi connectivity index (χ0n) is 12.8. The van der Waals surface area contributed by atoms with Crippen molar-refractivity contribution in [1.82, 2.24) is 10.3 Å². The lowest BCUT2D eigenvalue weighted by molar-refractivity contribution is -0.137. The molecular formula is C16H12BrN3O4. The number of halogens is 1. The average Bonchev–Trinajstić information content (AvgIpc) is 3.11. The van der Waals surface area contributed by atoms with E-state index in [0.29, 0.717) is 28.3 Å². The standard InChI is InChI=1S/C16H12BrN3O4/c1-6-10(13(21)23-2)16(14(22)19-6)9-5-7(17)3-4-8(9)11-12(16)20-15(18)24-11/h3-5H,1-2H3,(H2,18,20)(H,19,22)/t16-/m1/s1. The van der Waals surface area contributed by atoms with Gasteiger partial charge in [-0.05, 0) is 30.7 Å². The first-order valence-electron chi connectivity index (χ1n) is 7.09. The number of allylic oxidation sites excluding steroid dienone is 1. The molecule has 0 saturated heterocycles. The normalized spacial score (nSPS) is 21.0. The molecule has 1 amide bonds. The highest BCUT2D eigenvalue weighted by Gasteiger charge is 2.61. The lowest BCUT2D eigenvalue weighted by Crippen LogP contribution is -2.40. The van der Waals surface area contributed by atoms with E-state index in [1.807, 2.05) is 6.07 Å². The zero-order chi connectivity index (χ0) is 17.2. The minimum Gasteiger partial charge on any atom is -0.466 e. The Balaban J connectivity index is 2.15. The van der Waals surface area contributed by atoms with E-state index < -0.39 is 11.4 Å². The van der Waals surface area contributed by atoms with Crippen LogP contribution in [0, 0.1) is 0 Å². The van der Waals surface area contributed by atoms with Crippen LogP contribution in [0.3, 0.4) is 0 Å². The molecule has 1 aliphatic carbocycles. The van der Waals surface area contributed by atoms with Gasteiger partial charge in [-0.3, -0.25) is 4.79 Å². The summed E-state index contributed by atoms with van der Waals surface area (Å²) in [7, 11) is 1.27. The highest BCUT2D eigenvalue weighted by atomic mass is 79.9. The summed E-state index contributed by atoms with van der Waals surface area (Å²) in [4.78, 5) is 29.7. The number of anilines is 1. The van der Waals surface area contributed by atoms with Gasteiger partial charge in [0.05, 0.1) is 12.7 Å². The van der Waals surface area contributed by atoms with Gasteiger partial charge in [-0.15, -0.1) is 0 Å². The van der Waals surface area contributed by atoms with Gasteiger partial charge in [-0.25, -0.2) is 4.79 Å². The molecule has 2 aliphatic rings. The van der Waals surface area contributed by atoms with E-state index in [4.69, 9.17) is 14.9 Å². The third-order valence-electron chi connectivity index (χ3n) is 4.41. The molecule has 1 aliphatic heterocycles. The second-order valence-corrected chi connectivity index (χ2v) is 6.53. The molecule has 1 spiro atoms. The van der Waals surface area contributed by atoms with Crippen molar-refractivity contribution < 1.29 is 18.7 Å². The predicted molar refractivity (Wildman–Crippen MR) is 87.7 cm³/mol. The molecule has 8 heteroatoms. The lowest BCUT2D eigenvalue weighted by atomic mass is 9.75. The van der Waals surface area contributed by atoms with Crippen LogP contribution in [0.4, 0.5) is 6.01 Å². The Hall–Kier alpha value is -2.61. The summed E-state index contributed by atoms with van der Waals surface area (Å²) in [5, 5.41) is 2.73. The number of fused-ring (bicyclic) bond motifs is 5. The number of ether oxygens (including phenoxy) is 1. The number of amides is 1. The maximum Gasteiger partial charge on any atom is 0.337 e. The summed E-state index contributed by atoms with van der Waals surface area (Å²) in [6.07, 6.45) is 0. The fraction of sp³-hybridized carbons (Fsp3) is 0.188. The number of oxazole rings is 1. The van der Waals surface area contributed by atoms with Crippen molar-refractivity contribution >= 4 is 33.8 Å². The number of hydrogen-bond acceptors (Lipinski definition) is 6. The molecule has 2 aromatic rings. The molecule has 24 heavy (non-hydrogen) atoms. The van der Waals surface area contributed by atoms with Crippen LogP contribution in [0.1, 0.15) is 18.2 Å². The van der Waals surface area contributed by atoms with Gasteiger partial charge in [-0.1, -0.05) is 15.9 Å². The number of rotatable bonds is 1. The maximum absolute atomic E-state index is 13.0. The largest absolute Gasteiger partial charge is 0.466 e. The molecular weight excluding hydrogens is 378 g/mol. The van der Waals surface area contributed by atoms with Gasteiger partial charge in [0.25, 0.3) is 6.01 Å². The molecule has 3 N–H and O–H groups in total. The SMILES string of the molecule is COC(=O)C1=C(C)NC(=O)[C@]12c1cc(Br)ccc1-c1oc(N)nc12. The molecule has 2 heterocycles. The molecule has 1 atom stereocenters. The fourth-order valence-electron chi connectivity index (χ4n) is 3.54. The van der Waals surface area contributed by atoms with E-state index in [2.05, 4.69) is 26.2 Å². The predicted octanol–water partition coefficient (Wildman–Crippen LogP) is 1.86. The number of nitrogens with two attached hydrogens (primary N) is 1. The highest BCUT2D eigenvalue weighted by molar-refractivity contribution is 9.10. The van der Waals surface area contributed by atoms with Gasteiger partial charge < -0.3 is 20.2 Å². The number of carbonyl (C=O) groups excluding carboxylic acids is 2. The minimum absolute atomic E-state index is 0.0606. The summed E-state index contributed by atoms with van der Waals surface area (Å²) in [5.41, 5.74) is 6.49. The van der Waals surface area contributed by atoms with Crippen LogP contribution in [-0.2, 0) is 19.7 Å². The summed E-state index contributed by atoms with van der Waals surface area (Å²) in [6.45, 7) is 1.65. The monoisotopic (exact) mass is 389 g/mol. The van der Waals surface area contributed by atoms with E-state index >= 15 is 0 Å². The Morgan fingerprint density at radius 1 is 1.46 bits per heavy atom. The molecule has 0 unspecified atom stereocenters. The van der Waals surface area contributed by atoms with Gasteiger partial charge in [0.1, 0.15) is 5.69 Å². The second-order valence-electron chi connectivity index (χ2n) is 5.62. The Morgan fingerprint density at radius 3 is 2.92 bits per heavy atom. The number of carbonyl (C=O) groups is 2. The Kier molecular flexibility index (Phi) is 2.93. The van der Waals surface area contributed by atoms with Crippen molar-refractivity contribution in [3.63, 3.8) is 0 Å². The number of esters is 1. The second kappa shape index (κ2) is 4.70. The van der Waals surface area contributed by atoms with Crippen LogP contribution >= 0.6 is 15.9 Å². The van der Waals surface area contributed by atoms with Gasteiger partial charge in [0.15, 0.2) is 11.2 Å². The number of methoxy groups -OCH3 is 1. The van der Waals surface area contributed by atoms with Crippen LogP contribution in [0.2, 0.25) is 0 Å².